The quantitative estimate of drug-likeness (QED) is 0.472. The molecule has 0 N–H and O–H groups in total. The van der Waals surface area contributed by atoms with Crippen molar-refractivity contribution in [2.24, 2.45) is 0 Å². The van der Waals surface area contributed by atoms with Gasteiger partial charge in [0, 0.05) is 23.9 Å². The van der Waals surface area contributed by atoms with Crippen molar-refractivity contribution < 1.29 is 23.8 Å². The third-order valence-electron chi connectivity index (χ3n) is 6.75. The minimum atomic E-state index is -0.515. The first-order valence-electron chi connectivity index (χ1n) is 12.3. The smallest absolute Gasteiger partial charge is 0.172 e. The molecule has 3 saturated heterocycles. The third kappa shape index (κ3) is 5.48. The molecule has 0 aromatic heterocycles. The van der Waals surface area contributed by atoms with E-state index >= 15 is 0 Å². The van der Waals surface area contributed by atoms with Crippen LogP contribution in [0.1, 0.15) is 85.3 Å². The number of unbranched alkanes of at least 4 members (excludes halogenated alkanes) is 1. The molecule has 6 heteroatoms. The van der Waals surface area contributed by atoms with Crippen molar-refractivity contribution in [3.63, 3.8) is 0 Å². The van der Waals surface area contributed by atoms with Gasteiger partial charge in [0.15, 0.2) is 5.79 Å². The number of nitrogens with zero attached hydrogens (tertiary/aromatic N) is 1. The van der Waals surface area contributed by atoms with Crippen molar-refractivity contribution >= 4 is 0 Å². The number of hydrogen-bond acceptors (Lipinski definition) is 6. The molecular formula is C26H41NO5. The zero-order valence-electron chi connectivity index (χ0n) is 20.7. The molecule has 1 aromatic rings. The maximum absolute atomic E-state index is 6.61. The van der Waals surface area contributed by atoms with Gasteiger partial charge in [-0.3, -0.25) is 4.84 Å². The van der Waals surface area contributed by atoms with Crippen LogP contribution in [0.4, 0.5) is 0 Å². The Hall–Kier alpha value is -1.18. The molecular weight excluding hydrogens is 406 g/mol. The molecule has 3 fully saturated rings. The van der Waals surface area contributed by atoms with Crippen LogP contribution in [0.3, 0.4) is 0 Å². The Morgan fingerprint density at radius 2 is 1.69 bits per heavy atom. The van der Waals surface area contributed by atoms with Crippen LogP contribution in [0.25, 0.3) is 0 Å². The molecule has 3 heterocycles. The summed E-state index contributed by atoms with van der Waals surface area (Å²) in [6.45, 7) is 15.4. The fourth-order valence-corrected chi connectivity index (χ4v) is 5.41. The molecule has 4 rings (SSSR count). The van der Waals surface area contributed by atoms with Crippen LogP contribution >= 0.6 is 0 Å². The molecule has 1 aromatic carbocycles. The van der Waals surface area contributed by atoms with Gasteiger partial charge in [0.05, 0.1) is 19.3 Å². The van der Waals surface area contributed by atoms with E-state index in [1.54, 1.807) is 0 Å². The SMILES string of the molecule is CCCCC1COC2(CC(C)(C)N(OC(C)c3ccc(OCC4CO4)cc3)C(C)(C)C2)O1. The number of ether oxygens (including phenoxy) is 4. The third-order valence-corrected chi connectivity index (χ3v) is 6.75. The molecule has 3 aliphatic rings. The highest BCUT2D eigenvalue weighted by Crippen LogP contribution is 2.49. The lowest BCUT2D eigenvalue weighted by Crippen LogP contribution is -2.65. The Morgan fingerprint density at radius 1 is 1.03 bits per heavy atom. The number of rotatable bonds is 9. The van der Waals surface area contributed by atoms with Crippen molar-refractivity contribution in [1.82, 2.24) is 5.06 Å². The summed E-state index contributed by atoms with van der Waals surface area (Å²) in [6.07, 6.45) is 5.41. The van der Waals surface area contributed by atoms with Crippen LogP contribution in [-0.4, -0.2) is 54.0 Å². The average Bonchev–Trinajstić information content (AvgIpc) is 3.48. The minimum absolute atomic E-state index is 0.0777. The van der Waals surface area contributed by atoms with Gasteiger partial charge in [0.1, 0.15) is 24.6 Å². The van der Waals surface area contributed by atoms with Crippen LogP contribution in [0, 0.1) is 0 Å². The summed E-state index contributed by atoms with van der Waals surface area (Å²) in [6, 6.07) is 8.19. The van der Waals surface area contributed by atoms with Gasteiger partial charge in [-0.15, -0.1) is 0 Å². The largest absolute Gasteiger partial charge is 0.491 e. The second kappa shape index (κ2) is 9.22. The lowest BCUT2D eigenvalue weighted by molar-refractivity contribution is -0.351. The molecule has 32 heavy (non-hydrogen) atoms. The van der Waals surface area contributed by atoms with E-state index in [1.165, 1.54) is 12.8 Å². The highest BCUT2D eigenvalue weighted by molar-refractivity contribution is 5.28. The summed E-state index contributed by atoms with van der Waals surface area (Å²) in [5, 5.41) is 2.18. The van der Waals surface area contributed by atoms with Crippen molar-refractivity contribution in [3.05, 3.63) is 29.8 Å². The average molecular weight is 448 g/mol. The predicted molar refractivity (Wildman–Crippen MR) is 123 cm³/mol. The van der Waals surface area contributed by atoms with E-state index in [9.17, 15) is 0 Å². The zero-order valence-corrected chi connectivity index (χ0v) is 20.7. The first-order valence-corrected chi connectivity index (χ1v) is 12.3. The Balaban J connectivity index is 1.40. The van der Waals surface area contributed by atoms with Crippen molar-refractivity contribution in [2.75, 3.05) is 19.8 Å². The van der Waals surface area contributed by atoms with Gasteiger partial charge < -0.3 is 18.9 Å². The van der Waals surface area contributed by atoms with E-state index in [4.69, 9.17) is 23.8 Å². The van der Waals surface area contributed by atoms with E-state index < -0.39 is 5.79 Å². The monoisotopic (exact) mass is 447 g/mol. The summed E-state index contributed by atoms with van der Waals surface area (Å²) >= 11 is 0. The van der Waals surface area contributed by atoms with E-state index in [2.05, 4.69) is 58.7 Å². The number of hydrogen-bond donors (Lipinski definition) is 0. The molecule has 3 unspecified atom stereocenters. The van der Waals surface area contributed by atoms with E-state index in [-0.39, 0.29) is 29.4 Å². The predicted octanol–water partition coefficient (Wildman–Crippen LogP) is 5.41. The lowest BCUT2D eigenvalue weighted by Gasteiger charge is -2.56. The van der Waals surface area contributed by atoms with E-state index in [0.29, 0.717) is 13.2 Å². The minimum Gasteiger partial charge on any atom is -0.491 e. The number of hydroxylamine groups is 2. The van der Waals surface area contributed by atoms with Gasteiger partial charge >= 0.3 is 0 Å². The molecule has 0 aliphatic carbocycles. The molecule has 3 aliphatic heterocycles. The fourth-order valence-electron chi connectivity index (χ4n) is 5.41. The topological polar surface area (TPSA) is 52.7 Å². The highest BCUT2D eigenvalue weighted by Gasteiger charge is 2.57. The Morgan fingerprint density at radius 3 is 2.28 bits per heavy atom. The molecule has 3 atom stereocenters. The van der Waals surface area contributed by atoms with Crippen LogP contribution in [0.5, 0.6) is 5.75 Å². The number of epoxide rings is 1. The van der Waals surface area contributed by atoms with Gasteiger partial charge in [0.25, 0.3) is 0 Å². The summed E-state index contributed by atoms with van der Waals surface area (Å²) < 4.78 is 23.8. The van der Waals surface area contributed by atoms with Crippen LogP contribution in [-0.2, 0) is 19.0 Å². The maximum atomic E-state index is 6.61. The van der Waals surface area contributed by atoms with Gasteiger partial charge in [-0.25, -0.2) is 0 Å². The molecule has 6 nitrogen and oxygen atoms in total. The summed E-state index contributed by atoms with van der Waals surface area (Å²) in [5.41, 5.74) is 0.659. The Bertz CT molecular complexity index is 740. The van der Waals surface area contributed by atoms with Crippen LogP contribution in [0.2, 0.25) is 0 Å². The molecule has 0 saturated carbocycles. The normalized spacial score (nSPS) is 29.2. The maximum Gasteiger partial charge on any atom is 0.172 e. The molecule has 1 spiro atoms. The van der Waals surface area contributed by atoms with Gasteiger partial charge in [-0.2, -0.15) is 5.06 Å². The first kappa shape index (κ1) is 24.0. The van der Waals surface area contributed by atoms with Crippen LogP contribution < -0.4 is 4.74 Å². The molecule has 180 valence electrons. The molecule has 0 radical (unpaired) electrons. The number of benzene rings is 1. The Kier molecular flexibility index (Phi) is 6.91. The summed E-state index contributed by atoms with van der Waals surface area (Å²) in [7, 11) is 0. The lowest BCUT2D eigenvalue weighted by atomic mass is 9.78. The van der Waals surface area contributed by atoms with E-state index in [0.717, 1.165) is 37.2 Å². The van der Waals surface area contributed by atoms with Crippen molar-refractivity contribution in [2.45, 2.75) is 109 Å². The summed E-state index contributed by atoms with van der Waals surface area (Å²) in [5.74, 6) is 0.351. The zero-order chi connectivity index (χ0) is 23.0. The molecule has 0 amide bonds. The van der Waals surface area contributed by atoms with Gasteiger partial charge in [-0.1, -0.05) is 31.9 Å². The fraction of sp³-hybridized carbons (Fsp3) is 0.769. The first-order chi connectivity index (χ1) is 15.1. The van der Waals surface area contributed by atoms with Gasteiger partial charge in [-0.05, 0) is 58.7 Å². The van der Waals surface area contributed by atoms with Crippen LogP contribution in [0.15, 0.2) is 24.3 Å². The van der Waals surface area contributed by atoms with Crippen molar-refractivity contribution in [3.8, 4) is 5.75 Å². The highest BCUT2D eigenvalue weighted by atomic mass is 16.7. The van der Waals surface area contributed by atoms with E-state index in [1.807, 2.05) is 12.1 Å². The molecule has 0 bridgehead atoms. The summed E-state index contributed by atoms with van der Waals surface area (Å²) in [4.78, 5) is 6.61. The number of piperidine rings is 1. The van der Waals surface area contributed by atoms with Gasteiger partial charge in [0.2, 0.25) is 0 Å². The second-order valence-electron chi connectivity index (χ2n) is 11.0. The Labute approximate surface area is 193 Å². The second-order valence-corrected chi connectivity index (χ2v) is 11.0. The van der Waals surface area contributed by atoms with Crippen molar-refractivity contribution in [1.29, 1.82) is 0 Å². The standard InChI is InChI=1S/C26H41NO5/c1-7-8-9-22-16-30-26(31-22)17-24(3,4)27(25(5,6)18-26)32-19(2)20-10-12-21(13-11-20)28-14-23-15-29-23/h10-13,19,22-23H,7-9,14-18H2,1-6H3.